The van der Waals surface area contributed by atoms with Crippen molar-refractivity contribution in [2.75, 3.05) is 0 Å². The largest absolute Gasteiger partial charge is 0.0840 e. The number of halogens is 4. The summed E-state index contributed by atoms with van der Waals surface area (Å²) < 4.78 is 0. The summed E-state index contributed by atoms with van der Waals surface area (Å²) in [7, 11) is 0. The molecule has 0 aliphatic heterocycles. The van der Waals surface area contributed by atoms with Gasteiger partial charge in [-0.25, -0.2) is 0 Å². The minimum absolute atomic E-state index is 0.554. The Labute approximate surface area is 126 Å². The minimum Gasteiger partial charge on any atom is -0.0840 e. The molecule has 0 fully saturated rings. The summed E-state index contributed by atoms with van der Waals surface area (Å²) in [5.41, 5.74) is 2.86. The molecule has 0 unspecified atom stereocenters. The summed E-state index contributed by atoms with van der Waals surface area (Å²) in [5.74, 6) is 0. The SMILES string of the molecule is Cc1c(Cl)cc(Cc2cccc(Cl)c2Cl)cc1Cl. The zero-order valence-electron chi connectivity index (χ0n) is 9.61. The normalized spacial score (nSPS) is 10.7. The van der Waals surface area contributed by atoms with Gasteiger partial charge in [0, 0.05) is 10.0 Å². The molecule has 94 valence electrons. The molecule has 0 atom stereocenters. The van der Waals surface area contributed by atoms with Crippen molar-refractivity contribution in [1.82, 2.24) is 0 Å². The van der Waals surface area contributed by atoms with Gasteiger partial charge in [-0.05, 0) is 48.2 Å². The lowest BCUT2D eigenvalue weighted by molar-refractivity contribution is 1.19. The number of benzene rings is 2. The van der Waals surface area contributed by atoms with Crippen molar-refractivity contribution < 1.29 is 0 Å². The molecule has 0 aliphatic carbocycles. The highest BCUT2D eigenvalue weighted by Gasteiger charge is 2.08. The molecular formula is C14H10Cl4. The molecule has 0 spiro atoms. The average molecular weight is 320 g/mol. The van der Waals surface area contributed by atoms with Gasteiger partial charge in [-0.2, -0.15) is 0 Å². The van der Waals surface area contributed by atoms with Gasteiger partial charge in [0.2, 0.25) is 0 Å². The van der Waals surface area contributed by atoms with Crippen molar-refractivity contribution in [3.8, 4) is 0 Å². The summed E-state index contributed by atoms with van der Waals surface area (Å²) in [6.45, 7) is 1.89. The van der Waals surface area contributed by atoms with E-state index in [1.165, 1.54) is 0 Å². The first-order valence-corrected chi connectivity index (χ1v) is 6.87. The lowest BCUT2D eigenvalue weighted by Gasteiger charge is -2.09. The van der Waals surface area contributed by atoms with E-state index < -0.39 is 0 Å². The van der Waals surface area contributed by atoms with Crippen LogP contribution in [0.5, 0.6) is 0 Å². The van der Waals surface area contributed by atoms with Crippen LogP contribution in [0.15, 0.2) is 30.3 Å². The quantitative estimate of drug-likeness (QED) is 0.618. The Kier molecular flexibility index (Phi) is 4.45. The van der Waals surface area contributed by atoms with Crippen LogP contribution in [-0.4, -0.2) is 0 Å². The molecule has 0 amide bonds. The second kappa shape index (κ2) is 5.71. The summed E-state index contributed by atoms with van der Waals surface area (Å²) >= 11 is 24.4. The van der Waals surface area contributed by atoms with Crippen molar-refractivity contribution in [2.24, 2.45) is 0 Å². The zero-order valence-corrected chi connectivity index (χ0v) is 12.6. The smallest absolute Gasteiger partial charge is 0.0627 e. The summed E-state index contributed by atoms with van der Waals surface area (Å²) in [6, 6.07) is 9.39. The van der Waals surface area contributed by atoms with Gasteiger partial charge in [-0.15, -0.1) is 0 Å². The van der Waals surface area contributed by atoms with E-state index in [-0.39, 0.29) is 0 Å². The third-order valence-corrected chi connectivity index (χ3v) is 4.41. The van der Waals surface area contributed by atoms with Crippen molar-refractivity contribution in [3.05, 3.63) is 67.1 Å². The Morgan fingerprint density at radius 3 is 2.11 bits per heavy atom. The van der Waals surface area contributed by atoms with E-state index in [4.69, 9.17) is 46.4 Å². The predicted molar refractivity (Wildman–Crippen MR) is 80.5 cm³/mol. The topological polar surface area (TPSA) is 0 Å². The van der Waals surface area contributed by atoms with Crippen molar-refractivity contribution in [3.63, 3.8) is 0 Å². The maximum absolute atomic E-state index is 6.16. The van der Waals surface area contributed by atoms with Gasteiger partial charge < -0.3 is 0 Å². The first kappa shape index (κ1) is 14.0. The Bertz CT molecular complexity index is 567. The van der Waals surface area contributed by atoms with Crippen LogP contribution in [-0.2, 0) is 6.42 Å². The van der Waals surface area contributed by atoms with E-state index in [0.29, 0.717) is 26.5 Å². The molecule has 0 nitrogen and oxygen atoms in total. The second-order valence-corrected chi connectivity index (χ2v) is 5.67. The van der Waals surface area contributed by atoms with Crippen LogP contribution in [0.1, 0.15) is 16.7 Å². The van der Waals surface area contributed by atoms with Crippen LogP contribution in [0.2, 0.25) is 20.1 Å². The molecule has 0 N–H and O–H groups in total. The molecule has 0 aliphatic rings. The number of hydrogen-bond donors (Lipinski definition) is 0. The lowest BCUT2D eigenvalue weighted by atomic mass is 10.0. The van der Waals surface area contributed by atoms with Crippen molar-refractivity contribution >= 4 is 46.4 Å². The number of rotatable bonds is 2. The molecule has 0 bridgehead atoms. The van der Waals surface area contributed by atoms with E-state index in [0.717, 1.165) is 16.7 Å². The van der Waals surface area contributed by atoms with E-state index in [9.17, 15) is 0 Å². The van der Waals surface area contributed by atoms with E-state index in [1.807, 2.05) is 31.2 Å². The van der Waals surface area contributed by atoms with E-state index in [1.54, 1.807) is 6.07 Å². The van der Waals surface area contributed by atoms with Crippen molar-refractivity contribution in [1.29, 1.82) is 0 Å². The van der Waals surface area contributed by atoms with Crippen LogP contribution in [0, 0.1) is 6.92 Å². The summed E-state index contributed by atoms with van der Waals surface area (Å²) in [6.07, 6.45) is 0.652. The predicted octanol–water partition coefficient (Wildman–Crippen LogP) is 6.20. The Morgan fingerprint density at radius 1 is 0.889 bits per heavy atom. The fourth-order valence-electron chi connectivity index (χ4n) is 1.70. The third-order valence-electron chi connectivity index (χ3n) is 2.77. The Hall–Kier alpha value is -0.400. The van der Waals surface area contributed by atoms with Gasteiger partial charge in [0.15, 0.2) is 0 Å². The number of hydrogen-bond acceptors (Lipinski definition) is 0. The molecule has 2 rings (SSSR count). The molecule has 4 heteroatoms. The molecule has 0 aromatic heterocycles. The summed E-state index contributed by atoms with van der Waals surface area (Å²) in [5, 5.41) is 2.46. The third kappa shape index (κ3) is 2.95. The highest BCUT2D eigenvalue weighted by molar-refractivity contribution is 6.42. The first-order valence-electron chi connectivity index (χ1n) is 5.36. The first-order chi connectivity index (χ1) is 8.49. The molecule has 2 aromatic carbocycles. The van der Waals surface area contributed by atoms with E-state index in [2.05, 4.69) is 0 Å². The van der Waals surface area contributed by atoms with Crippen LogP contribution in [0.3, 0.4) is 0 Å². The maximum Gasteiger partial charge on any atom is 0.0627 e. The minimum atomic E-state index is 0.554. The average Bonchev–Trinajstić information content (AvgIpc) is 2.32. The standard InChI is InChI=1S/C14H10Cl4/c1-8-12(16)6-9(7-13(8)17)5-10-3-2-4-11(15)14(10)18/h2-4,6-7H,5H2,1H3. The highest BCUT2D eigenvalue weighted by atomic mass is 35.5. The maximum atomic E-state index is 6.16. The lowest BCUT2D eigenvalue weighted by Crippen LogP contribution is -1.91. The van der Waals surface area contributed by atoms with Gasteiger partial charge in [-0.1, -0.05) is 58.5 Å². The fourth-order valence-corrected chi connectivity index (χ4v) is 2.62. The summed E-state index contributed by atoms with van der Waals surface area (Å²) in [4.78, 5) is 0. The van der Waals surface area contributed by atoms with Gasteiger partial charge in [-0.3, -0.25) is 0 Å². The van der Waals surface area contributed by atoms with Crippen LogP contribution in [0.25, 0.3) is 0 Å². The van der Waals surface area contributed by atoms with E-state index >= 15 is 0 Å². The Morgan fingerprint density at radius 2 is 1.50 bits per heavy atom. The second-order valence-electron chi connectivity index (χ2n) is 4.07. The van der Waals surface area contributed by atoms with Crippen molar-refractivity contribution in [2.45, 2.75) is 13.3 Å². The van der Waals surface area contributed by atoms with Gasteiger partial charge in [0.25, 0.3) is 0 Å². The Balaban J connectivity index is 2.37. The monoisotopic (exact) mass is 318 g/mol. The highest BCUT2D eigenvalue weighted by Crippen LogP contribution is 2.30. The van der Waals surface area contributed by atoms with Crippen LogP contribution in [0.4, 0.5) is 0 Å². The molecule has 2 aromatic rings. The molecule has 0 radical (unpaired) electrons. The molecular weight excluding hydrogens is 310 g/mol. The molecule has 0 saturated heterocycles. The van der Waals surface area contributed by atoms with Crippen LogP contribution >= 0.6 is 46.4 Å². The molecule has 0 heterocycles. The molecule has 18 heavy (non-hydrogen) atoms. The molecule has 0 saturated carbocycles. The van der Waals surface area contributed by atoms with Gasteiger partial charge in [0.05, 0.1) is 10.0 Å². The van der Waals surface area contributed by atoms with Gasteiger partial charge in [0.1, 0.15) is 0 Å². The zero-order chi connectivity index (χ0) is 13.3. The van der Waals surface area contributed by atoms with Gasteiger partial charge >= 0.3 is 0 Å². The fraction of sp³-hybridized carbons (Fsp3) is 0.143. The van der Waals surface area contributed by atoms with Crippen LogP contribution < -0.4 is 0 Å².